The molecule has 0 bridgehead atoms. The monoisotopic (exact) mass is 1220 g/mol. The number of anilines is 12. The summed E-state index contributed by atoms with van der Waals surface area (Å²) in [6.45, 7) is 0. The highest BCUT2D eigenvalue weighted by atomic mass is 16.5. The van der Waals surface area contributed by atoms with Crippen molar-refractivity contribution in [1.82, 2.24) is 0 Å². The van der Waals surface area contributed by atoms with Crippen LogP contribution in [0.1, 0.15) is 22.3 Å². The molecule has 0 aromatic heterocycles. The number of ether oxygens (including phenoxy) is 8. The van der Waals surface area contributed by atoms with Crippen molar-refractivity contribution in [2.75, 3.05) is 76.5 Å². The van der Waals surface area contributed by atoms with Gasteiger partial charge in [0, 0.05) is 22.7 Å². The Balaban J connectivity index is 1.15. The van der Waals surface area contributed by atoms with Crippen molar-refractivity contribution in [1.29, 1.82) is 0 Å². The summed E-state index contributed by atoms with van der Waals surface area (Å²) < 4.78 is 50.0. The van der Waals surface area contributed by atoms with Crippen molar-refractivity contribution in [2.45, 2.75) is 5.41 Å². The molecule has 0 amide bonds. The highest BCUT2D eigenvalue weighted by Gasteiger charge is 2.53. The molecule has 0 fully saturated rings. The molecule has 0 radical (unpaired) electrons. The van der Waals surface area contributed by atoms with Gasteiger partial charge in [-0.15, -0.1) is 0 Å². The lowest BCUT2D eigenvalue weighted by Crippen LogP contribution is -2.27. The van der Waals surface area contributed by atoms with Gasteiger partial charge < -0.3 is 57.5 Å². The van der Waals surface area contributed by atoms with Crippen LogP contribution in [0, 0.1) is 0 Å². The Morgan fingerprint density at radius 2 is 0.344 bits per heavy atom. The van der Waals surface area contributed by atoms with E-state index in [1.54, 1.807) is 56.9 Å². The Morgan fingerprint density at radius 3 is 0.495 bits per heavy atom. The van der Waals surface area contributed by atoms with Gasteiger partial charge in [0.15, 0.2) is 0 Å². The van der Waals surface area contributed by atoms with E-state index in [9.17, 15) is 0 Å². The Morgan fingerprint density at radius 1 is 0.194 bits per heavy atom. The molecule has 12 aromatic carbocycles. The molecule has 0 heterocycles. The first kappa shape index (κ1) is 58.9. The van der Waals surface area contributed by atoms with E-state index >= 15 is 0 Å². The lowest BCUT2D eigenvalue weighted by molar-refractivity contribution is 0.412. The fourth-order valence-electron chi connectivity index (χ4n) is 13.9. The molecule has 0 aliphatic heterocycles. The molecule has 2 aliphatic carbocycles. The molecule has 14 rings (SSSR count). The number of rotatable bonds is 20. The molecule has 0 atom stereocenters. The molecule has 1 spiro atoms. The van der Waals surface area contributed by atoms with E-state index < -0.39 is 5.41 Å². The summed E-state index contributed by atoms with van der Waals surface area (Å²) in [6.07, 6.45) is 0. The summed E-state index contributed by atoms with van der Waals surface area (Å²) in [4.78, 5) is 8.96. The maximum absolute atomic E-state index is 6.25. The standard InChI is InChI=1S/C81H68N4O8/c1-86-73-33-17-9-25-65(73)82(66-26-10-18-34-74(66)87-2)53-41-45-57-58-46-42-54(83(67-27-11-19-35-75(67)88-3)68-28-12-20-36-76(68)89-4)50-62(58)81(61(57)49-53)63-51-55(84(69-29-13-21-37-77(69)90-5)70-30-14-22-38-78(70)91-6)43-47-59(63)60-48-44-56(52-64(60)81)85(71-31-15-23-39-79(71)92-7)72-32-16-24-40-80(72)93-8/h9-52H,1-8H3. The van der Waals surface area contributed by atoms with E-state index in [0.29, 0.717) is 46.0 Å². The minimum Gasteiger partial charge on any atom is -0.495 e. The number of hydrogen-bond acceptors (Lipinski definition) is 12. The third-order valence-corrected chi connectivity index (χ3v) is 17.9. The number of para-hydroxylation sites is 16. The molecule has 460 valence electrons. The second kappa shape index (κ2) is 24.9. The zero-order valence-electron chi connectivity index (χ0n) is 53.0. The van der Waals surface area contributed by atoms with Crippen LogP contribution in [-0.2, 0) is 5.41 Å². The van der Waals surface area contributed by atoms with Crippen LogP contribution in [0.5, 0.6) is 46.0 Å². The van der Waals surface area contributed by atoms with E-state index in [1.165, 1.54) is 0 Å². The molecule has 93 heavy (non-hydrogen) atoms. The summed E-state index contributed by atoms with van der Waals surface area (Å²) in [6, 6.07) is 92.5. The fourth-order valence-corrected chi connectivity index (χ4v) is 13.9. The van der Waals surface area contributed by atoms with Crippen molar-refractivity contribution >= 4 is 68.2 Å². The third kappa shape index (κ3) is 9.77. The van der Waals surface area contributed by atoms with E-state index in [1.807, 2.05) is 146 Å². The van der Waals surface area contributed by atoms with E-state index in [-0.39, 0.29) is 0 Å². The van der Waals surface area contributed by atoms with Crippen LogP contribution in [0.2, 0.25) is 0 Å². The topological polar surface area (TPSA) is 86.8 Å². The summed E-state index contributed by atoms with van der Waals surface area (Å²) in [5.41, 5.74) is 17.3. The Kier molecular flexibility index (Phi) is 15.8. The zero-order valence-corrected chi connectivity index (χ0v) is 53.0. The van der Waals surface area contributed by atoms with Gasteiger partial charge in [-0.2, -0.15) is 0 Å². The molecule has 0 unspecified atom stereocenters. The first-order chi connectivity index (χ1) is 45.8. The minimum atomic E-state index is -1.12. The van der Waals surface area contributed by atoms with Gasteiger partial charge in [-0.25, -0.2) is 0 Å². The lowest BCUT2D eigenvalue weighted by atomic mass is 9.70. The van der Waals surface area contributed by atoms with Gasteiger partial charge in [0.1, 0.15) is 46.0 Å². The molecule has 12 heteroatoms. The SMILES string of the molecule is COc1ccccc1N(c1ccc2c(c1)C1(c3cc(N(c4ccccc4OC)c4ccccc4OC)ccc3-2)c2cc(N(c3ccccc3OC)c3ccccc3OC)ccc2-c2ccc(N(c3ccccc3OC)c3ccccc3OC)cc21)c1ccccc1OC. The fraction of sp³-hybridized carbons (Fsp3) is 0.111. The van der Waals surface area contributed by atoms with Gasteiger partial charge in [-0.3, -0.25) is 0 Å². The van der Waals surface area contributed by atoms with Gasteiger partial charge in [-0.1, -0.05) is 121 Å². The van der Waals surface area contributed by atoms with Gasteiger partial charge in [-0.05, 0) is 190 Å². The van der Waals surface area contributed by atoms with E-state index in [2.05, 4.69) is 141 Å². The van der Waals surface area contributed by atoms with E-state index in [4.69, 9.17) is 37.9 Å². The second-order valence-electron chi connectivity index (χ2n) is 22.4. The summed E-state index contributed by atoms with van der Waals surface area (Å²) in [5.74, 6) is 5.49. The van der Waals surface area contributed by atoms with Crippen LogP contribution in [0.15, 0.2) is 267 Å². The van der Waals surface area contributed by atoms with Crippen molar-refractivity contribution in [3.63, 3.8) is 0 Å². The number of methoxy groups -OCH3 is 8. The maximum Gasteiger partial charge on any atom is 0.142 e. The molecule has 0 saturated carbocycles. The molecule has 0 N–H and O–H groups in total. The quantitative estimate of drug-likeness (QED) is 0.0728. The Bertz CT molecular complexity index is 3990. The van der Waals surface area contributed by atoms with Crippen molar-refractivity contribution < 1.29 is 37.9 Å². The van der Waals surface area contributed by atoms with Crippen LogP contribution in [0.4, 0.5) is 68.2 Å². The molecule has 12 nitrogen and oxygen atoms in total. The maximum atomic E-state index is 6.25. The minimum absolute atomic E-state index is 0.686. The smallest absolute Gasteiger partial charge is 0.142 e. The van der Waals surface area contributed by atoms with Gasteiger partial charge in [0.05, 0.1) is 108 Å². The van der Waals surface area contributed by atoms with Crippen molar-refractivity contribution in [3.05, 3.63) is 289 Å². The van der Waals surface area contributed by atoms with Crippen LogP contribution in [0.3, 0.4) is 0 Å². The number of benzene rings is 12. The molecule has 2 aliphatic rings. The predicted octanol–water partition coefficient (Wildman–Crippen LogP) is 20.0. The Labute approximate surface area is 542 Å². The van der Waals surface area contributed by atoms with Crippen LogP contribution < -0.4 is 57.5 Å². The van der Waals surface area contributed by atoms with Crippen LogP contribution in [0.25, 0.3) is 22.3 Å². The van der Waals surface area contributed by atoms with Gasteiger partial charge >= 0.3 is 0 Å². The van der Waals surface area contributed by atoms with Gasteiger partial charge in [0.25, 0.3) is 0 Å². The van der Waals surface area contributed by atoms with Crippen molar-refractivity contribution in [3.8, 4) is 68.2 Å². The average Bonchev–Trinajstić information content (AvgIpc) is 1.51. The van der Waals surface area contributed by atoms with E-state index in [0.717, 1.165) is 113 Å². The number of nitrogens with zero attached hydrogens (tertiary/aromatic N) is 4. The zero-order chi connectivity index (χ0) is 63.7. The summed E-state index contributed by atoms with van der Waals surface area (Å²) in [7, 11) is 13.7. The highest BCUT2D eigenvalue weighted by molar-refractivity contribution is 6.01. The molecule has 12 aromatic rings. The second-order valence-corrected chi connectivity index (χ2v) is 22.4. The lowest BCUT2D eigenvalue weighted by Gasteiger charge is -2.35. The van der Waals surface area contributed by atoms with Gasteiger partial charge in [0.2, 0.25) is 0 Å². The third-order valence-electron chi connectivity index (χ3n) is 17.9. The molecule has 0 saturated heterocycles. The number of hydrogen-bond donors (Lipinski definition) is 0. The predicted molar refractivity (Wildman–Crippen MR) is 374 cm³/mol. The number of fused-ring (bicyclic) bond motifs is 10. The summed E-state index contributed by atoms with van der Waals surface area (Å²) >= 11 is 0. The summed E-state index contributed by atoms with van der Waals surface area (Å²) in [5, 5.41) is 0. The highest BCUT2D eigenvalue weighted by Crippen LogP contribution is 2.66. The van der Waals surface area contributed by atoms with Crippen LogP contribution >= 0.6 is 0 Å². The molecular formula is C81H68N4O8. The first-order valence-electron chi connectivity index (χ1n) is 30.7. The normalized spacial score (nSPS) is 12.0. The molecular weight excluding hydrogens is 1160 g/mol. The largest absolute Gasteiger partial charge is 0.495 e. The average molecular weight is 1230 g/mol. The Hall–Kier alpha value is -11.8. The first-order valence-corrected chi connectivity index (χ1v) is 30.7. The van der Waals surface area contributed by atoms with Crippen LogP contribution in [-0.4, -0.2) is 56.9 Å². The van der Waals surface area contributed by atoms with Crippen molar-refractivity contribution in [2.24, 2.45) is 0 Å².